The van der Waals surface area contributed by atoms with Crippen LogP contribution in [-0.2, 0) is 67.0 Å². The lowest BCUT2D eigenvalue weighted by Gasteiger charge is -2.47. The van der Waals surface area contributed by atoms with Crippen LogP contribution in [0.1, 0.15) is 269 Å². The minimum atomic E-state index is -0.206. The van der Waals surface area contributed by atoms with Crippen LogP contribution in [0.4, 0.5) is 0 Å². The van der Waals surface area contributed by atoms with Crippen molar-refractivity contribution in [1.82, 2.24) is 20.2 Å². The molecule has 0 saturated carbocycles. The highest BCUT2D eigenvalue weighted by atomic mass is 79.9. The van der Waals surface area contributed by atoms with Crippen LogP contribution in [0.5, 0.6) is 0 Å². The third-order valence-corrected chi connectivity index (χ3v) is 24.0. The highest BCUT2D eigenvalue weighted by Crippen LogP contribution is 2.59. The number of carbonyl (C=O) groups excluding carboxylic acids is 2. The summed E-state index contributed by atoms with van der Waals surface area (Å²) < 4.78 is 2.39. The third kappa shape index (κ3) is 12.5. The van der Waals surface area contributed by atoms with E-state index in [2.05, 4.69) is 303 Å². The molecule has 6 aromatic carbocycles. The first-order chi connectivity index (χ1) is 42.4. The molecule has 0 bridgehead atoms. The average molecular weight is 1320 g/mol. The Morgan fingerprint density at radius 3 is 0.886 bits per heavy atom. The molecule has 4 aliphatic rings. The van der Waals surface area contributed by atoms with Crippen molar-refractivity contribution < 1.29 is 14.8 Å². The van der Waals surface area contributed by atoms with Gasteiger partial charge < -0.3 is 5.21 Å². The average Bonchev–Trinajstić information content (AvgIpc) is 1.72. The molecule has 0 atom stereocenters. The number of nitrogens with zero attached hydrogens (tertiary/aromatic N) is 3. The molecule has 0 amide bonds. The quantitative estimate of drug-likeness (QED) is 0.0789. The lowest BCUT2D eigenvalue weighted by atomic mass is 9.83. The lowest BCUT2D eigenvalue weighted by molar-refractivity contribution is -0.241. The number of hydroxylamine groups is 2. The van der Waals surface area contributed by atoms with Gasteiger partial charge in [0, 0.05) is 55.3 Å². The zero-order valence-electron chi connectivity index (χ0n) is 56.9. The van der Waals surface area contributed by atoms with Crippen LogP contribution < -0.4 is 5.32 Å². The van der Waals surface area contributed by atoms with Gasteiger partial charge in [-0.15, -0.1) is 0 Å². The summed E-state index contributed by atoms with van der Waals surface area (Å²) in [4.78, 5) is 21.9. The third-order valence-electron chi connectivity index (χ3n) is 23.0. The SMILES string of the molecule is CCC1(CC)NC(CC)(CC)c2cc(Br)ccc21.CCC1(CC)c2ccc(Br)cc2C(CC)(CC)N1Cc1ccccc1.CCC1(CC)c2ccccc2C(CC)(CC)N1Cc1ccccc1.CCC1(CC)c2ccccc2C(CC)(CC)N1O.O=C=O. The first-order valence-electron chi connectivity index (χ1n) is 34.1. The Balaban J connectivity index is 0.000000186. The van der Waals surface area contributed by atoms with Crippen molar-refractivity contribution in [3.05, 3.63) is 210 Å². The van der Waals surface area contributed by atoms with Crippen molar-refractivity contribution in [2.45, 2.75) is 271 Å². The van der Waals surface area contributed by atoms with E-state index in [1.54, 1.807) is 21.8 Å². The monoisotopic (exact) mass is 1320 g/mol. The van der Waals surface area contributed by atoms with Gasteiger partial charge in [0.25, 0.3) is 0 Å². The number of hydrogen-bond donors (Lipinski definition) is 2. The van der Waals surface area contributed by atoms with Crippen molar-refractivity contribution in [2.24, 2.45) is 0 Å². The summed E-state index contributed by atoms with van der Waals surface area (Å²) in [5, 5.41) is 16.6. The van der Waals surface area contributed by atoms with E-state index >= 15 is 0 Å². The molecule has 88 heavy (non-hydrogen) atoms. The number of hydrogen-bond acceptors (Lipinski definition) is 7. The zero-order chi connectivity index (χ0) is 64.8. The van der Waals surface area contributed by atoms with Crippen molar-refractivity contribution >= 4 is 38.0 Å². The minimum Gasteiger partial charge on any atom is -0.312 e. The maximum atomic E-state index is 10.9. The van der Waals surface area contributed by atoms with E-state index in [9.17, 15) is 5.21 Å². The minimum absolute atomic E-state index is 0.112. The summed E-state index contributed by atoms with van der Waals surface area (Å²) in [5.74, 6) is 0. The molecule has 7 nitrogen and oxygen atoms in total. The summed E-state index contributed by atoms with van der Waals surface area (Å²) in [5.41, 5.74) is 15.1. The summed E-state index contributed by atoms with van der Waals surface area (Å²) >= 11 is 7.35. The molecule has 0 aromatic heterocycles. The molecule has 478 valence electrons. The van der Waals surface area contributed by atoms with Gasteiger partial charge in [-0.05, 0) is 183 Å². The standard InChI is InChI=1S/C23H30BrN.C23H31N.C16H24BrN.C16H25NO.CO2/c1-5-22(6-2)20-15-14-19(24)16-21(20)23(7-3,8-4)25(22)17-18-12-10-9-11-13-18;1-5-22(6-2)20-16-12-13-17-21(20)23(7-3,8-4)24(22)18-19-14-10-9-11-15-19;1-5-15(6-2)13-10-9-12(17)11-14(13)16(7-3,8-4)18-15;1-5-15(6-2)13-11-9-10-12-14(13)16(7-3,8-4)17(15)18;2-1-3/h9-16H,5-8,17H2,1-4H3;9-17H,5-8,18H2,1-4H3;9-11,18H,5-8H2,1-4H3;9-12,18H,5-8H2,1-4H3;. The Morgan fingerprint density at radius 1 is 0.330 bits per heavy atom. The van der Waals surface area contributed by atoms with Gasteiger partial charge in [-0.25, -0.2) is 0 Å². The predicted octanol–water partition coefficient (Wildman–Crippen LogP) is 22.1. The predicted molar refractivity (Wildman–Crippen MR) is 375 cm³/mol. The largest absolute Gasteiger partial charge is 0.373 e. The van der Waals surface area contributed by atoms with E-state index < -0.39 is 0 Å². The van der Waals surface area contributed by atoms with Crippen LogP contribution in [0.15, 0.2) is 155 Å². The van der Waals surface area contributed by atoms with Gasteiger partial charge in [-0.3, -0.25) is 15.1 Å². The molecule has 0 aliphatic carbocycles. The second kappa shape index (κ2) is 31.2. The lowest BCUT2D eigenvalue weighted by Crippen LogP contribution is -2.49. The molecule has 0 fully saturated rings. The van der Waals surface area contributed by atoms with E-state index in [4.69, 9.17) is 9.59 Å². The number of benzene rings is 6. The highest BCUT2D eigenvalue weighted by molar-refractivity contribution is 9.10. The molecule has 4 aliphatic heterocycles. The van der Waals surface area contributed by atoms with E-state index in [1.807, 2.05) is 0 Å². The Morgan fingerprint density at radius 2 is 0.580 bits per heavy atom. The van der Waals surface area contributed by atoms with Crippen molar-refractivity contribution in [2.75, 3.05) is 0 Å². The van der Waals surface area contributed by atoms with Gasteiger partial charge in [0.15, 0.2) is 0 Å². The van der Waals surface area contributed by atoms with Gasteiger partial charge in [0.2, 0.25) is 0 Å². The Kier molecular flexibility index (Phi) is 25.7. The fraction of sp³-hybridized carbons (Fsp3) is 0.532. The fourth-order valence-corrected chi connectivity index (χ4v) is 18.2. The van der Waals surface area contributed by atoms with E-state index in [0.29, 0.717) is 0 Å². The normalized spacial score (nSPS) is 18.7. The Labute approximate surface area is 550 Å². The van der Waals surface area contributed by atoms with Gasteiger partial charge in [0.05, 0.1) is 11.1 Å². The Bertz CT molecular complexity index is 3080. The van der Waals surface area contributed by atoms with Crippen LogP contribution in [0.2, 0.25) is 0 Å². The zero-order valence-corrected chi connectivity index (χ0v) is 60.1. The first kappa shape index (κ1) is 72.5. The van der Waals surface area contributed by atoms with Crippen LogP contribution in [-0.4, -0.2) is 26.2 Å². The number of halogens is 2. The number of nitrogens with one attached hydrogen (secondary N) is 1. The highest BCUT2D eigenvalue weighted by Gasteiger charge is 2.58. The smallest absolute Gasteiger partial charge is 0.312 e. The second-order valence-corrected chi connectivity index (χ2v) is 27.0. The Hall–Kier alpha value is -4.54. The van der Waals surface area contributed by atoms with Gasteiger partial charge in [-0.1, -0.05) is 264 Å². The molecule has 2 N–H and O–H groups in total. The summed E-state index contributed by atoms with van der Waals surface area (Å²) in [6.45, 7) is 38.8. The second-order valence-electron chi connectivity index (χ2n) is 25.1. The van der Waals surface area contributed by atoms with Gasteiger partial charge in [-0.2, -0.15) is 14.7 Å². The molecular formula is C79H110Br2N4O3. The molecule has 0 saturated heterocycles. The summed E-state index contributed by atoms with van der Waals surface area (Å²) in [6.07, 6.45) is 17.8. The number of fused-ring (bicyclic) bond motifs is 4. The van der Waals surface area contributed by atoms with E-state index in [1.165, 1.54) is 47.9 Å². The maximum Gasteiger partial charge on any atom is 0.373 e. The molecule has 9 heteroatoms. The first-order valence-corrected chi connectivity index (χ1v) is 35.7. The molecule has 4 heterocycles. The molecule has 10 rings (SSSR count). The van der Waals surface area contributed by atoms with Crippen molar-refractivity contribution in [1.29, 1.82) is 0 Å². The van der Waals surface area contributed by atoms with E-state index in [0.717, 1.165) is 116 Å². The van der Waals surface area contributed by atoms with E-state index in [-0.39, 0.29) is 50.5 Å². The molecule has 6 aromatic rings. The van der Waals surface area contributed by atoms with Gasteiger partial charge >= 0.3 is 6.15 Å². The maximum absolute atomic E-state index is 10.9. The van der Waals surface area contributed by atoms with Crippen LogP contribution in [0, 0.1) is 0 Å². The van der Waals surface area contributed by atoms with Crippen molar-refractivity contribution in [3.63, 3.8) is 0 Å². The molecule has 0 spiro atoms. The summed E-state index contributed by atoms with van der Waals surface area (Å²) in [6, 6.07) is 53.5. The van der Waals surface area contributed by atoms with Gasteiger partial charge in [0.1, 0.15) is 0 Å². The molecule has 0 radical (unpaired) electrons. The molecular weight excluding hydrogens is 1210 g/mol. The fourth-order valence-electron chi connectivity index (χ4n) is 17.5. The summed E-state index contributed by atoms with van der Waals surface area (Å²) in [7, 11) is 0. The van der Waals surface area contributed by atoms with Crippen LogP contribution >= 0.6 is 31.9 Å². The number of rotatable bonds is 20. The van der Waals surface area contributed by atoms with Crippen LogP contribution in [0.25, 0.3) is 0 Å². The van der Waals surface area contributed by atoms with Crippen molar-refractivity contribution in [3.8, 4) is 0 Å². The molecule has 0 unspecified atom stereocenters. The van der Waals surface area contributed by atoms with Crippen LogP contribution in [0.3, 0.4) is 0 Å². The topological polar surface area (TPSA) is 76.1 Å².